The maximum Gasteiger partial charge on any atom is 0.150 e. The van der Waals surface area contributed by atoms with Gasteiger partial charge in [0, 0.05) is 11.5 Å². The highest BCUT2D eigenvalue weighted by Crippen LogP contribution is 2.26. The van der Waals surface area contributed by atoms with Gasteiger partial charge < -0.3 is 0 Å². The molecule has 0 aliphatic carbocycles. The summed E-state index contributed by atoms with van der Waals surface area (Å²) < 4.78 is 12.8. The minimum absolute atomic E-state index is 0.0806. The average Bonchev–Trinajstić information content (AvgIpc) is 2.39. The molecule has 0 aliphatic rings. The molecule has 0 saturated heterocycles. The average molecular weight is 228 g/mol. The third-order valence-corrected chi connectivity index (χ3v) is 2.96. The molecule has 0 heterocycles. The Morgan fingerprint density at radius 3 is 2.35 bits per heavy atom. The molecule has 0 bridgehead atoms. The number of benzene rings is 2. The lowest BCUT2D eigenvalue weighted by molar-refractivity contribution is 0.112. The molecule has 1 nitrogen and oxygen atoms in total. The Labute approximate surface area is 99.9 Å². The Morgan fingerprint density at radius 2 is 1.71 bits per heavy atom. The molecule has 0 aliphatic heterocycles. The molecule has 0 N–H and O–H groups in total. The van der Waals surface area contributed by atoms with Gasteiger partial charge in [0.2, 0.25) is 0 Å². The Hall–Kier alpha value is -1.96. The van der Waals surface area contributed by atoms with Crippen molar-refractivity contribution >= 4 is 6.29 Å². The summed E-state index contributed by atoms with van der Waals surface area (Å²) in [6.07, 6.45) is 0.857. The first-order valence-electron chi connectivity index (χ1n) is 5.52. The van der Waals surface area contributed by atoms with Crippen molar-refractivity contribution in [3.63, 3.8) is 0 Å². The van der Waals surface area contributed by atoms with Gasteiger partial charge >= 0.3 is 0 Å². The van der Waals surface area contributed by atoms with Crippen molar-refractivity contribution in [2.24, 2.45) is 0 Å². The second-order valence-corrected chi connectivity index (χ2v) is 4.02. The fourth-order valence-electron chi connectivity index (χ4n) is 1.94. The summed E-state index contributed by atoms with van der Waals surface area (Å²) in [7, 11) is 0. The van der Waals surface area contributed by atoms with Crippen molar-refractivity contribution in [2.75, 3.05) is 0 Å². The minimum Gasteiger partial charge on any atom is -0.298 e. The van der Waals surface area contributed by atoms with E-state index in [1.54, 1.807) is 18.2 Å². The van der Waals surface area contributed by atoms with Crippen LogP contribution in [0.4, 0.5) is 4.39 Å². The molecule has 0 unspecified atom stereocenters. The van der Waals surface area contributed by atoms with Crippen LogP contribution in [0.5, 0.6) is 0 Å². The molecule has 1 atom stereocenters. The summed E-state index contributed by atoms with van der Waals surface area (Å²) in [5.41, 5.74) is 2.65. The first-order valence-corrected chi connectivity index (χ1v) is 5.52. The van der Waals surface area contributed by atoms with Crippen LogP contribution >= 0.6 is 0 Å². The number of aldehydes is 1. The highest BCUT2D eigenvalue weighted by atomic mass is 19.1. The van der Waals surface area contributed by atoms with Gasteiger partial charge in [-0.15, -0.1) is 0 Å². The van der Waals surface area contributed by atoms with E-state index in [9.17, 15) is 9.18 Å². The van der Waals surface area contributed by atoms with E-state index in [4.69, 9.17) is 0 Å². The fourth-order valence-corrected chi connectivity index (χ4v) is 1.94. The molecule has 2 heteroatoms. The number of rotatable bonds is 3. The molecule has 0 fully saturated rings. The van der Waals surface area contributed by atoms with Crippen LogP contribution in [0, 0.1) is 5.82 Å². The lowest BCUT2D eigenvalue weighted by Gasteiger charge is -2.14. The van der Waals surface area contributed by atoms with Crippen LogP contribution in [0.1, 0.15) is 34.3 Å². The fraction of sp³-hybridized carbons (Fsp3) is 0.133. The third-order valence-electron chi connectivity index (χ3n) is 2.96. The molecule has 0 aromatic heterocycles. The van der Waals surface area contributed by atoms with E-state index in [-0.39, 0.29) is 11.7 Å². The van der Waals surface area contributed by atoms with Crippen molar-refractivity contribution in [2.45, 2.75) is 12.8 Å². The SMILES string of the molecule is C[C@@H](c1ccc(F)cc1)c1ccccc1C=O. The first-order chi connectivity index (χ1) is 8.22. The standard InChI is InChI=1S/C15H13FO/c1-11(12-6-8-14(16)9-7-12)15-5-3-2-4-13(15)10-17/h2-11H,1H3/t11-/m0/s1. The zero-order valence-corrected chi connectivity index (χ0v) is 9.56. The maximum atomic E-state index is 12.8. The molecule has 0 amide bonds. The molecule has 2 rings (SSSR count). The third kappa shape index (κ3) is 2.41. The van der Waals surface area contributed by atoms with Crippen LogP contribution < -0.4 is 0 Å². The molecule has 2 aromatic carbocycles. The molecule has 0 radical (unpaired) electrons. The molecule has 86 valence electrons. The highest BCUT2D eigenvalue weighted by molar-refractivity contribution is 5.77. The van der Waals surface area contributed by atoms with Crippen molar-refractivity contribution in [3.05, 3.63) is 71.0 Å². The Kier molecular flexibility index (Phi) is 3.33. The van der Waals surface area contributed by atoms with Crippen LogP contribution in [0.2, 0.25) is 0 Å². The molecular weight excluding hydrogens is 215 g/mol. The van der Waals surface area contributed by atoms with Gasteiger partial charge in [0.15, 0.2) is 0 Å². The molecule has 2 aromatic rings. The van der Waals surface area contributed by atoms with E-state index in [0.717, 1.165) is 17.4 Å². The maximum absolute atomic E-state index is 12.8. The van der Waals surface area contributed by atoms with Crippen molar-refractivity contribution < 1.29 is 9.18 Å². The monoisotopic (exact) mass is 228 g/mol. The Bertz CT molecular complexity index is 517. The van der Waals surface area contributed by atoms with Gasteiger partial charge in [-0.05, 0) is 23.3 Å². The van der Waals surface area contributed by atoms with Gasteiger partial charge in [-0.25, -0.2) is 4.39 Å². The number of carbonyl (C=O) groups excluding carboxylic acids is 1. The van der Waals surface area contributed by atoms with Crippen molar-refractivity contribution in [1.82, 2.24) is 0 Å². The lowest BCUT2D eigenvalue weighted by Crippen LogP contribution is -2.00. The number of halogens is 1. The number of hydrogen-bond donors (Lipinski definition) is 0. The number of hydrogen-bond acceptors (Lipinski definition) is 1. The van der Waals surface area contributed by atoms with E-state index < -0.39 is 0 Å². The van der Waals surface area contributed by atoms with Gasteiger partial charge in [0.25, 0.3) is 0 Å². The topological polar surface area (TPSA) is 17.1 Å². The summed E-state index contributed by atoms with van der Waals surface area (Å²) >= 11 is 0. The van der Waals surface area contributed by atoms with E-state index in [2.05, 4.69) is 0 Å². The summed E-state index contributed by atoms with van der Waals surface area (Å²) in [5, 5.41) is 0. The van der Waals surface area contributed by atoms with Crippen LogP contribution in [-0.2, 0) is 0 Å². The predicted octanol–water partition coefficient (Wildman–Crippen LogP) is 3.79. The van der Waals surface area contributed by atoms with Crippen molar-refractivity contribution in [1.29, 1.82) is 0 Å². The minimum atomic E-state index is -0.246. The van der Waals surface area contributed by atoms with E-state index in [1.807, 2.05) is 25.1 Å². The summed E-state index contributed by atoms with van der Waals surface area (Å²) in [6, 6.07) is 13.8. The summed E-state index contributed by atoms with van der Waals surface area (Å²) in [6.45, 7) is 2.01. The quantitative estimate of drug-likeness (QED) is 0.730. The normalized spacial score (nSPS) is 12.1. The lowest BCUT2D eigenvalue weighted by atomic mass is 9.90. The van der Waals surface area contributed by atoms with Gasteiger partial charge in [-0.2, -0.15) is 0 Å². The van der Waals surface area contributed by atoms with Gasteiger partial charge in [-0.3, -0.25) is 4.79 Å². The van der Waals surface area contributed by atoms with Crippen LogP contribution in [0.25, 0.3) is 0 Å². The second-order valence-electron chi connectivity index (χ2n) is 4.02. The van der Waals surface area contributed by atoms with E-state index in [0.29, 0.717) is 5.56 Å². The van der Waals surface area contributed by atoms with Gasteiger partial charge in [0.05, 0.1) is 0 Å². The van der Waals surface area contributed by atoms with Gasteiger partial charge in [-0.1, -0.05) is 43.3 Å². The zero-order chi connectivity index (χ0) is 12.3. The van der Waals surface area contributed by atoms with Crippen LogP contribution in [0.15, 0.2) is 48.5 Å². The largest absolute Gasteiger partial charge is 0.298 e. The molecule has 17 heavy (non-hydrogen) atoms. The Balaban J connectivity index is 2.39. The smallest absolute Gasteiger partial charge is 0.150 e. The summed E-state index contributed by atoms with van der Waals surface area (Å²) in [5.74, 6) is -0.165. The molecular formula is C15H13FO. The Morgan fingerprint density at radius 1 is 1.06 bits per heavy atom. The molecule has 0 spiro atoms. The first kappa shape index (κ1) is 11.5. The van der Waals surface area contributed by atoms with E-state index in [1.165, 1.54) is 12.1 Å². The van der Waals surface area contributed by atoms with Crippen LogP contribution in [0.3, 0.4) is 0 Å². The summed E-state index contributed by atoms with van der Waals surface area (Å²) in [4.78, 5) is 11.0. The van der Waals surface area contributed by atoms with Crippen molar-refractivity contribution in [3.8, 4) is 0 Å². The predicted molar refractivity (Wildman–Crippen MR) is 65.7 cm³/mol. The van der Waals surface area contributed by atoms with E-state index >= 15 is 0 Å². The molecule has 0 saturated carbocycles. The van der Waals surface area contributed by atoms with Gasteiger partial charge in [0.1, 0.15) is 12.1 Å². The zero-order valence-electron chi connectivity index (χ0n) is 9.56. The number of carbonyl (C=O) groups is 1. The van der Waals surface area contributed by atoms with Crippen LogP contribution in [-0.4, -0.2) is 6.29 Å². The second kappa shape index (κ2) is 4.91. The highest BCUT2D eigenvalue weighted by Gasteiger charge is 2.11.